The highest BCUT2D eigenvalue weighted by molar-refractivity contribution is 5.85. The molecule has 0 aromatic heterocycles. The molecule has 1 amide bonds. The number of amides is 1. The summed E-state index contributed by atoms with van der Waals surface area (Å²) in [6, 6.07) is 11.0. The normalized spacial score (nSPS) is 18.3. The first-order valence-corrected chi connectivity index (χ1v) is 9.41. The minimum atomic E-state index is -0.491. The topological polar surface area (TPSA) is 127 Å². The maximum absolute atomic E-state index is 12.4. The molecule has 10 nitrogen and oxygen atoms in total. The number of carbonyl (C=O) groups is 1. The molecule has 1 aliphatic rings. The van der Waals surface area contributed by atoms with E-state index in [1.165, 1.54) is 18.3 Å². The molecule has 1 heterocycles. The highest BCUT2D eigenvalue weighted by Gasteiger charge is 2.30. The number of nitrogens with zero attached hydrogens (tertiary/aromatic N) is 2. The molecule has 2 aromatic rings. The summed E-state index contributed by atoms with van der Waals surface area (Å²) in [6.45, 7) is 2.44. The maximum atomic E-state index is 12.4. The Morgan fingerprint density at radius 2 is 2.13 bits per heavy atom. The summed E-state index contributed by atoms with van der Waals surface area (Å²) in [4.78, 5) is 22.7. The Hall–Kier alpha value is -3.50. The third kappa shape index (κ3) is 5.10. The summed E-state index contributed by atoms with van der Waals surface area (Å²) >= 11 is 0. The minimum Gasteiger partial charge on any atom is -0.493 e. The summed E-state index contributed by atoms with van der Waals surface area (Å²) in [5, 5.41) is 14.7. The lowest BCUT2D eigenvalue weighted by Gasteiger charge is -2.14. The van der Waals surface area contributed by atoms with E-state index in [0.29, 0.717) is 30.1 Å². The molecule has 1 fully saturated rings. The van der Waals surface area contributed by atoms with Gasteiger partial charge in [-0.15, -0.1) is 0 Å². The Morgan fingerprint density at radius 1 is 1.30 bits per heavy atom. The van der Waals surface area contributed by atoms with Crippen LogP contribution in [0.25, 0.3) is 0 Å². The quantitative estimate of drug-likeness (QED) is 0.343. The van der Waals surface area contributed by atoms with Crippen LogP contribution in [0.15, 0.2) is 47.6 Å². The number of non-ortho nitro benzene ring substituents is 1. The predicted molar refractivity (Wildman–Crippen MR) is 110 cm³/mol. The second-order valence-corrected chi connectivity index (χ2v) is 6.56. The number of methoxy groups -OCH3 is 1. The monoisotopic (exact) mass is 413 g/mol. The molecule has 1 aliphatic heterocycles. The number of carbonyl (C=O) groups excluding carboxylic acids is 1. The van der Waals surface area contributed by atoms with Crippen LogP contribution in [0.3, 0.4) is 0 Å². The number of nitro benzene ring substituents is 1. The summed E-state index contributed by atoms with van der Waals surface area (Å²) in [6.07, 6.45) is 1.87. The molecule has 30 heavy (non-hydrogen) atoms. The molecular weight excluding hydrogens is 390 g/mol. The van der Waals surface area contributed by atoms with E-state index in [1.807, 2.05) is 25.1 Å². The van der Waals surface area contributed by atoms with Crippen molar-refractivity contribution < 1.29 is 19.2 Å². The largest absolute Gasteiger partial charge is 0.493 e. The van der Waals surface area contributed by atoms with Gasteiger partial charge in [0.05, 0.1) is 24.9 Å². The van der Waals surface area contributed by atoms with Gasteiger partial charge in [-0.2, -0.15) is 5.10 Å². The molecule has 10 heteroatoms. The lowest BCUT2D eigenvalue weighted by molar-refractivity contribution is -0.384. The molecule has 0 radical (unpaired) electrons. The summed E-state index contributed by atoms with van der Waals surface area (Å²) in [5.41, 5.74) is 9.94. The first kappa shape index (κ1) is 21.2. The van der Waals surface area contributed by atoms with Crippen LogP contribution in [0.1, 0.15) is 30.5 Å². The van der Waals surface area contributed by atoms with E-state index in [9.17, 15) is 14.9 Å². The van der Waals surface area contributed by atoms with Gasteiger partial charge in [0.1, 0.15) is 6.04 Å². The average molecular weight is 413 g/mol. The number of hydrazine groups is 1. The van der Waals surface area contributed by atoms with Crippen LogP contribution in [-0.2, 0) is 4.79 Å². The fraction of sp³-hybridized carbons (Fsp3) is 0.300. The molecule has 0 aliphatic carbocycles. The zero-order valence-electron chi connectivity index (χ0n) is 16.6. The third-order valence-corrected chi connectivity index (χ3v) is 4.58. The third-order valence-electron chi connectivity index (χ3n) is 4.58. The van der Waals surface area contributed by atoms with Crippen LogP contribution in [0.5, 0.6) is 11.5 Å². The van der Waals surface area contributed by atoms with Gasteiger partial charge in [-0.3, -0.25) is 14.9 Å². The van der Waals surface area contributed by atoms with Gasteiger partial charge >= 0.3 is 0 Å². The Morgan fingerprint density at radius 3 is 2.87 bits per heavy atom. The zero-order chi connectivity index (χ0) is 21.5. The SMILES string of the molecule is CCOc1ccc(C2CC(C(=O)N/N=C/c3cccc([N+](=O)[O-])c3)NN2)cc1OC. The molecule has 2 unspecified atom stereocenters. The van der Waals surface area contributed by atoms with Crippen molar-refractivity contribution in [3.05, 3.63) is 63.7 Å². The van der Waals surface area contributed by atoms with Crippen molar-refractivity contribution >= 4 is 17.8 Å². The Labute approximate surface area is 173 Å². The minimum absolute atomic E-state index is 0.0411. The first-order chi connectivity index (χ1) is 14.5. The number of nitrogens with one attached hydrogen (secondary N) is 3. The molecule has 3 N–H and O–H groups in total. The van der Waals surface area contributed by atoms with Gasteiger partial charge in [-0.1, -0.05) is 18.2 Å². The standard InChI is InChI=1S/C20H23N5O5/c1-3-30-18-8-7-14(10-19(18)29-2)16-11-17(23-22-16)20(26)24-21-12-13-5-4-6-15(9-13)25(27)28/h4-10,12,16-17,22-23H,3,11H2,1-2H3,(H,24,26)/b21-12+. The van der Waals surface area contributed by atoms with E-state index in [4.69, 9.17) is 9.47 Å². The lowest BCUT2D eigenvalue weighted by Crippen LogP contribution is -2.41. The predicted octanol–water partition coefficient (Wildman–Crippen LogP) is 2.06. The van der Waals surface area contributed by atoms with Gasteiger partial charge in [0, 0.05) is 23.7 Å². The van der Waals surface area contributed by atoms with Gasteiger partial charge in [-0.05, 0) is 31.0 Å². The number of hydrogen-bond donors (Lipinski definition) is 3. The number of hydrazone groups is 1. The molecule has 1 saturated heterocycles. The molecule has 0 bridgehead atoms. The Balaban J connectivity index is 1.58. The molecule has 2 aromatic carbocycles. The van der Waals surface area contributed by atoms with Crippen LogP contribution < -0.4 is 25.8 Å². The number of hydrogen-bond acceptors (Lipinski definition) is 8. The number of benzene rings is 2. The maximum Gasteiger partial charge on any atom is 0.270 e. The molecule has 0 saturated carbocycles. The van der Waals surface area contributed by atoms with Crippen LogP contribution in [0, 0.1) is 10.1 Å². The van der Waals surface area contributed by atoms with Gasteiger partial charge in [0.25, 0.3) is 11.6 Å². The summed E-state index contributed by atoms with van der Waals surface area (Å²) in [7, 11) is 1.58. The average Bonchev–Trinajstić information content (AvgIpc) is 3.25. The van der Waals surface area contributed by atoms with E-state index >= 15 is 0 Å². The first-order valence-electron chi connectivity index (χ1n) is 9.41. The van der Waals surface area contributed by atoms with Crippen molar-refractivity contribution in [3.63, 3.8) is 0 Å². The van der Waals surface area contributed by atoms with Crippen LogP contribution in [0.2, 0.25) is 0 Å². The van der Waals surface area contributed by atoms with Crippen LogP contribution >= 0.6 is 0 Å². The van der Waals surface area contributed by atoms with Gasteiger partial charge in [0.15, 0.2) is 11.5 Å². The van der Waals surface area contributed by atoms with Crippen molar-refractivity contribution in [2.24, 2.45) is 5.10 Å². The lowest BCUT2D eigenvalue weighted by atomic mass is 10.0. The highest BCUT2D eigenvalue weighted by atomic mass is 16.6. The second-order valence-electron chi connectivity index (χ2n) is 6.56. The Kier molecular flexibility index (Phi) is 6.94. The van der Waals surface area contributed by atoms with Gasteiger partial charge in [0.2, 0.25) is 0 Å². The van der Waals surface area contributed by atoms with Crippen LogP contribution in [0.4, 0.5) is 5.69 Å². The van der Waals surface area contributed by atoms with Gasteiger partial charge < -0.3 is 9.47 Å². The second kappa shape index (κ2) is 9.81. The van der Waals surface area contributed by atoms with Crippen molar-refractivity contribution in [2.45, 2.75) is 25.4 Å². The fourth-order valence-electron chi connectivity index (χ4n) is 3.09. The molecule has 0 spiro atoms. The number of nitro groups is 1. The zero-order valence-corrected chi connectivity index (χ0v) is 16.6. The smallest absolute Gasteiger partial charge is 0.270 e. The van der Waals surface area contributed by atoms with E-state index in [0.717, 1.165) is 5.56 Å². The fourth-order valence-corrected chi connectivity index (χ4v) is 3.09. The summed E-state index contributed by atoms with van der Waals surface area (Å²) in [5.74, 6) is 0.981. The van der Waals surface area contributed by atoms with Crippen molar-refractivity contribution in [3.8, 4) is 11.5 Å². The van der Waals surface area contributed by atoms with E-state index in [2.05, 4.69) is 21.4 Å². The van der Waals surface area contributed by atoms with Crippen molar-refractivity contribution in [2.75, 3.05) is 13.7 Å². The molecule has 158 valence electrons. The van der Waals surface area contributed by atoms with E-state index in [-0.39, 0.29) is 17.6 Å². The van der Waals surface area contributed by atoms with Crippen molar-refractivity contribution in [1.82, 2.24) is 16.3 Å². The van der Waals surface area contributed by atoms with Gasteiger partial charge in [-0.25, -0.2) is 16.3 Å². The number of ether oxygens (including phenoxy) is 2. The molecule has 3 rings (SSSR count). The number of rotatable bonds is 8. The highest BCUT2D eigenvalue weighted by Crippen LogP contribution is 2.32. The molecular formula is C20H23N5O5. The molecule has 2 atom stereocenters. The van der Waals surface area contributed by atoms with E-state index in [1.54, 1.807) is 19.2 Å². The summed E-state index contributed by atoms with van der Waals surface area (Å²) < 4.78 is 10.9. The van der Waals surface area contributed by atoms with E-state index < -0.39 is 11.0 Å². The van der Waals surface area contributed by atoms with Crippen LogP contribution in [-0.4, -0.2) is 36.8 Å². The van der Waals surface area contributed by atoms with Crippen molar-refractivity contribution in [1.29, 1.82) is 0 Å². The Bertz CT molecular complexity index is 949.